The van der Waals surface area contributed by atoms with E-state index in [0.29, 0.717) is 13.1 Å². The minimum Gasteiger partial charge on any atom is -0.469 e. The first-order valence-electron chi connectivity index (χ1n) is 3.73. The molecule has 1 saturated heterocycles. The van der Waals surface area contributed by atoms with Crippen molar-refractivity contribution in [3.8, 4) is 0 Å². The van der Waals surface area contributed by atoms with Crippen LogP contribution in [0.1, 0.15) is 6.42 Å². The van der Waals surface area contributed by atoms with Crippen LogP contribution in [0.3, 0.4) is 0 Å². The SMILES string of the molecule is C=C(F)C1(CC(=O)OC)CNC1. The highest BCUT2D eigenvalue weighted by Gasteiger charge is 2.42. The average molecular weight is 173 g/mol. The van der Waals surface area contributed by atoms with Crippen molar-refractivity contribution in [3.63, 3.8) is 0 Å². The van der Waals surface area contributed by atoms with Gasteiger partial charge in [-0.05, 0) is 0 Å². The fourth-order valence-corrected chi connectivity index (χ4v) is 1.19. The number of carbonyl (C=O) groups is 1. The first-order valence-corrected chi connectivity index (χ1v) is 3.73. The molecular weight excluding hydrogens is 161 g/mol. The maximum Gasteiger partial charge on any atom is 0.306 e. The number of hydrogen-bond donors (Lipinski definition) is 1. The Morgan fingerprint density at radius 1 is 1.75 bits per heavy atom. The molecule has 1 aliphatic rings. The molecule has 0 bridgehead atoms. The maximum absolute atomic E-state index is 12.9. The number of ether oxygens (including phenoxy) is 1. The van der Waals surface area contributed by atoms with Gasteiger partial charge in [-0.15, -0.1) is 0 Å². The Balaban J connectivity index is 2.56. The predicted octanol–water partition coefficient (Wildman–Crippen LogP) is 0.622. The molecule has 0 unspecified atom stereocenters. The molecule has 3 nitrogen and oxygen atoms in total. The zero-order valence-electron chi connectivity index (χ0n) is 7.02. The number of esters is 1. The van der Waals surface area contributed by atoms with E-state index in [0.717, 1.165) is 0 Å². The highest BCUT2D eigenvalue weighted by Crippen LogP contribution is 2.35. The molecule has 0 aromatic heterocycles. The quantitative estimate of drug-likeness (QED) is 0.636. The largest absolute Gasteiger partial charge is 0.469 e. The van der Waals surface area contributed by atoms with Crippen LogP contribution >= 0.6 is 0 Å². The topological polar surface area (TPSA) is 38.3 Å². The van der Waals surface area contributed by atoms with Crippen LogP contribution in [0.4, 0.5) is 4.39 Å². The van der Waals surface area contributed by atoms with Gasteiger partial charge in [-0.3, -0.25) is 4.79 Å². The van der Waals surface area contributed by atoms with Crippen molar-refractivity contribution >= 4 is 5.97 Å². The minimum absolute atomic E-state index is 0.0752. The second-order valence-electron chi connectivity index (χ2n) is 3.04. The molecule has 0 atom stereocenters. The molecule has 0 aromatic carbocycles. The summed E-state index contributed by atoms with van der Waals surface area (Å²) in [5.74, 6) is -0.832. The van der Waals surface area contributed by atoms with Gasteiger partial charge in [0.25, 0.3) is 0 Å². The van der Waals surface area contributed by atoms with Gasteiger partial charge in [0.1, 0.15) is 5.83 Å². The Morgan fingerprint density at radius 3 is 2.58 bits per heavy atom. The molecular formula is C8H12FNO2. The molecule has 1 N–H and O–H groups in total. The van der Waals surface area contributed by atoms with Gasteiger partial charge in [0, 0.05) is 13.1 Å². The van der Waals surface area contributed by atoms with Crippen LogP contribution in [0.15, 0.2) is 12.4 Å². The molecule has 1 rings (SSSR count). The van der Waals surface area contributed by atoms with Gasteiger partial charge < -0.3 is 10.1 Å². The summed E-state index contributed by atoms with van der Waals surface area (Å²) in [5.41, 5.74) is -0.701. The molecule has 1 heterocycles. The summed E-state index contributed by atoms with van der Waals surface area (Å²) in [5, 5.41) is 2.90. The third-order valence-electron chi connectivity index (χ3n) is 2.21. The summed E-state index contributed by atoms with van der Waals surface area (Å²) in [6.45, 7) is 4.16. The Morgan fingerprint density at radius 2 is 2.33 bits per heavy atom. The summed E-state index contributed by atoms with van der Waals surface area (Å²) in [6.07, 6.45) is 0.0752. The van der Waals surface area contributed by atoms with E-state index in [-0.39, 0.29) is 6.42 Å². The van der Waals surface area contributed by atoms with E-state index < -0.39 is 17.2 Å². The molecule has 0 aromatic rings. The third kappa shape index (κ3) is 1.48. The van der Waals surface area contributed by atoms with E-state index >= 15 is 0 Å². The second kappa shape index (κ2) is 3.23. The molecule has 68 valence electrons. The van der Waals surface area contributed by atoms with E-state index in [1.807, 2.05) is 0 Å². The lowest BCUT2D eigenvalue weighted by atomic mass is 9.78. The third-order valence-corrected chi connectivity index (χ3v) is 2.21. The van der Waals surface area contributed by atoms with Crippen molar-refractivity contribution in [2.24, 2.45) is 5.41 Å². The number of methoxy groups -OCH3 is 1. The lowest BCUT2D eigenvalue weighted by Gasteiger charge is -2.40. The molecule has 0 spiro atoms. The summed E-state index contributed by atoms with van der Waals surface area (Å²) in [6, 6.07) is 0. The van der Waals surface area contributed by atoms with Gasteiger partial charge >= 0.3 is 5.97 Å². The number of halogens is 1. The Hall–Kier alpha value is -0.900. The minimum atomic E-state index is -0.701. The molecule has 0 amide bonds. The lowest BCUT2D eigenvalue weighted by Crippen LogP contribution is -2.54. The van der Waals surface area contributed by atoms with E-state index in [9.17, 15) is 9.18 Å². The molecule has 1 aliphatic heterocycles. The van der Waals surface area contributed by atoms with Crippen molar-refractivity contribution in [2.45, 2.75) is 6.42 Å². The zero-order valence-corrected chi connectivity index (χ0v) is 7.02. The Kier molecular flexibility index (Phi) is 2.47. The second-order valence-corrected chi connectivity index (χ2v) is 3.04. The van der Waals surface area contributed by atoms with E-state index in [1.165, 1.54) is 7.11 Å². The number of rotatable bonds is 3. The average Bonchev–Trinajstić information content (AvgIpc) is 1.95. The monoisotopic (exact) mass is 173 g/mol. The summed E-state index contributed by atoms with van der Waals surface area (Å²) in [4.78, 5) is 10.9. The maximum atomic E-state index is 12.9. The fourth-order valence-electron chi connectivity index (χ4n) is 1.19. The summed E-state index contributed by atoms with van der Waals surface area (Å²) < 4.78 is 17.3. The Bertz CT molecular complexity index is 211. The normalized spacial score (nSPS) is 19.5. The van der Waals surface area contributed by atoms with Gasteiger partial charge in [0.2, 0.25) is 0 Å². The van der Waals surface area contributed by atoms with Crippen molar-refractivity contribution in [1.29, 1.82) is 0 Å². The van der Waals surface area contributed by atoms with Gasteiger partial charge in [0.15, 0.2) is 0 Å². The van der Waals surface area contributed by atoms with Crippen LogP contribution in [-0.4, -0.2) is 26.2 Å². The summed E-state index contributed by atoms with van der Waals surface area (Å²) in [7, 11) is 1.29. The zero-order chi connectivity index (χ0) is 9.19. The van der Waals surface area contributed by atoms with Crippen molar-refractivity contribution in [3.05, 3.63) is 12.4 Å². The highest BCUT2D eigenvalue weighted by atomic mass is 19.1. The standard InChI is InChI=1S/C8H12FNO2/c1-6(9)8(4-10-5-8)3-7(11)12-2/h10H,1,3-5H2,2H3. The van der Waals surface area contributed by atoms with Crippen LogP contribution in [0.5, 0.6) is 0 Å². The van der Waals surface area contributed by atoms with Crippen molar-refractivity contribution in [1.82, 2.24) is 5.32 Å². The van der Waals surface area contributed by atoms with Crippen LogP contribution in [0, 0.1) is 5.41 Å². The summed E-state index contributed by atoms with van der Waals surface area (Å²) >= 11 is 0. The first kappa shape index (κ1) is 9.19. The molecule has 1 fully saturated rings. The molecule has 4 heteroatoms. The van der Waals surface area contributed by atoms with E-state index in [4.69, 9.17) is 0 Å². The predicted molar refractivity (Wildman–Crippen MR) is 42.2 cm³/mol. The fraction of sp³-hybridized carbons (Fsp3) is 0.625. The number of hydrogen-bond acceptors (Lipinski definition) is 3. The van der Waals surface area contributed by atoms with Crippen LogP contribution in [0.25, 0.3) is 0 Å². The van der Waals surface area contributed by atoms with Crippen LogP contribution < -0.4 is 5.32 Å². The molecule has 0 saturated carbocycles. The van der Waals surface area contributed by atoms with E-state index in [1.54, 1.807) is 0 Å². The van der Waals surface area contributed by atoms with Gasteiger partial charge in [-0.25, -0.2) is 4.39 Å². The molecule has 0 aliphatic carbocycles. The van der Waals surface area contributed by atoms with E-state index in [2.05, 4.69) is 16.6 Å². The van der Waals surface area contributed by atoms with Gasteiger partial charge in [-0.2, -0.15) is 0 Å². The lowest BCUT2D eigenvalue weighted by molar-refractivity contribution is -0.143. The first-order chi connectivity index (χ1) is 5.60. The number of carbonyl (C=O) groups excluding carboxylic acids is 1. The van der Waals surface area contributed by atoms with Gasteiger partial charge in [-0.1, -0.05) is 6.58 Å². The Labute approximate surface area is 70.6 Å². The van der Waals surface area contributed by atoms with Crippen LogP contribution in [0.2, 0.25) is 0 Å². The van der Waals surface area contributed by atoms with Crippen molar-refractivity contribution in [2.75, 3.05) is 20.2 Å². The molecule has 0 radical (unpaired) electrons. The molecule has 12 heavy (non-hydrogen) atoms. The smallest absolute Gasteiger partial charge is 0.306 e. The van der Waals surface area contributed by atoms with Gasteiger partial charge in [0.05, 0.1) is 18.9 Å². The highest BCUT2D eigenvalue weighted by molar-refractivity contribution is 5.71. The number of nitrogens with one attached hydrogen (secondary N) is 1. The van der Waals surface area contributed by atoms with Crippen LogP contribution in [-0.2, 0) is 9.53 Å². The van der Waals surface area contributed by atoms with Crippen molar-refractivity contribution < 1.29 is 13.9 Å².